The Bertz CT molecular complexity index is 1020. The van der Waals surface area contributed by atoms with Gasteiger partial charge < -0.3 is 14.8 Å². The van der Waals surface area contributed by atoms with Gasteiger partial charge in [0.05, 0.1) is 41.5 Å². The van der Waals surface area contributed by atoms with E-state index >= 15 is 0 Å². The van der Waals surface area contributed by atoms with Gasteiger partial charge in [-0.05, 0) is 18.2 Å². The average Bonchev–Trinajstić information content (AvgIpc) is 2.72. The SMILES string of the molecule is COC(=O)/C=C(/Nc1ccc([N+](=O)[O-])cc1C(=O)c1ccccc1Cl)C(=O)OC. The lowest BCUT2D eigenvalue weighted by Gasteiger charge is -2.13. The highest BCUT2D eigenvalue weighted by atomic mass is 35.5. The minimum Gasteiger partial charge on any atom is -0.466 e. The Balaban J connectivity index is 2.59. The summed E-state index contributed by atoms with van der Waals surface area (Å²) < 4.78 is 9.09. The molecule has 0 aromatic heterocycles. The predicted octanol–water partition coefficient (Wildman–Crippen LogP) is 3.12. The molecule has 1 N–H and O–H groups in total. The van der Waals surface area contributed by atoms with Crippen LogP contribution in [0.1, 0.15) is 15.9 Å². The first-order valence-corrected chi connectivity index (χ1v) is 8.39. The third-order valence-electron chi connectivity index (χ3n) is 3.72. The molecule has 0 saturated heterocycles. The van der Waals surface area contributed by atoms with Crippen molar-refractivity contribution in [3.8, 4) is 0 Å². The monoisotopic (exact) mass is 418 g/mol. The number of carbonyl (C=O) groups is 3. The van der Waals surface area contributed by atoms with E-state index in [4.69, 9.17) is 11.6 Å². The zero-order chi connectivity index (χ0) is 21.6. The molecule has 150 valence electrons. The molecule has 0 heterocycles. The number of halogens is 1. The molecule has 0 amide bonds. The summed E-state index contributed by atoms with van der Waals surface area (Å²) in [6, 6.07) is 9.58. The quantitative estimate of drug-likeness (QED) is 0.239. The van der Waals surface area contributed by atoms with Gasteiger partial charge in [-0.3, -0.25) is 14.9 Å². The second-order valence-corrected chi connectivity index (χ2v) is 5.90. The van der Waals surface area contributed by atoms with E-state index in [2.05, 4.69) is 14.8 Å². The number of ketones is 1. The molecule has 0 aliphatic carbocycles. The molecule has 2 rings (SSSR count). The summed E-state index contributed by atoms with van der Waals surface area (Å²) in [6.45, 7) is 0. The third-order valence-corrected chi connectivity index (χ3v) is 4.04. The first kappa shape index (κ1) is 21.6. The average molecular weight is 419 g/mol. The van der Waals surface area contributed by atoms with E-state index in [0.717, 1.165) is 32.4 Å². The Morgan fingerprint density at radius 1 is 1.07 bits per heavy atom. The van der Waals surface area contributed by atoms with E-state index in [0.29, 0.717) is 0 Å². The summed E-state index contributed by atoms with van der Waals surface area (Å²) in [4.78, 5) is 47.0. The number of nitrogens with zero attached hydrogens (tertiary/aromatic N) is 1. The van der Waals surface area contributed by atoms with Crippen molar-refractivity contribution < 1.29 is 28.8 Å². The Labute approximate surface area is 170 Å². The summed E-state index contributed by atoms with van der Waals surface area (Å²) in [5.74, 6) is -2.38. The van der Waals surface area contributed by atoms with Crippen LogP contribution < -0.4 is 5.32 Å². The van der Waals surface area contributed by atoms with Crippen LogP contribution in [0.5, 0.6) is 0 Å². The first-order chi connectivity index (χ1) is 13.8. The summed E-state index contributed by atoms with van der Waals surface area (Å²) in [5.41, 5.74) is -0.675. The van der Waals surface area contributed by atoms with Gasteiger partial charge in [0.1, 0.15) is 5.70 Å². The van der Waals surface area contributed by atoms with Gasteiger partial charge >= 0.3 is 11.9 Å². The zero-order valence-electron chi connectivity index (χ0n) is 15.3. The predicted molar refractivity (Wildman–Crippen MR) is 104 cm³/mol. The molecule has 2 aromatic rings. The van der Waals surface area contributed by atoms with Gasteiger partial charge in [-0.1, -0.05) is 23.7 Å². The Kier molecular flexibility index (Phi) is 7.05. The van der Waals surface area contributed by atoms with E-state index in [9.17, 15) is 24.5 Å². The summed E-state index contributed by atoms with van der Waals surface area (Å²) in [7, 11) is 2.22. The van der Waals surface area contributed by atoms with Gasteiger partial charge in [0.15, 0.2) is 5.78 Å². The number of benzene rings is 2. The molecule has 0 aliphatic rings. The molecular weight excluding hydrogens is 404 g/mol. The van der Waals surface area contributed by atoms with Crippen LogP contribution in [0.2, 0.25) is 5.02 Å². The van der Waals surface area contributed by atoms with E-state index in [1.165, 1.54) is 18.2 Å². The van der Waals surface area contributed by atoms with Crippen LogP contribution >= 0.6 is 11.6 Å². The number of anilines is 1. The second kappa shape index (κ2) is 9.47. The van der Waals surface area contributed by atoms with Gasteiger partial charge in [-0.2, -0.15) is 0 Å². The molecule has 0 atom stereocenters. The van der Waals surface area contributed by atoms with Crippen molar-refractivity contribution >= 4 is 40.7 Å². The number of nitrogens with one attached hydrogen (secondary N) is 1. The van der Waals surface area contributed by atoms with Crippen LogP contribution in [0.3, 0.4) is 0 Å². The zero-order valence-corrected chi connectivity index (χ0v) is 16.1. The summed E-state index contributed by atoms with van der Waals surface area (Å²) in [5, 5.41) is 13.9. The molecule has 9 nitrogen and oxygen atoms in total. The van der Waals surface area contributed by atoms with Crippen molar-refractivity contribution in [2.45, 2.75) is 0 Å². The van der Waals surface area contributed by atoms with Crippen molar-refractivity contribution in [1.82, 2.24) is 0 Å². The van der Waals surface area contributed by atoms with Crippen molar-refractivity contribution in [3.05, 3.63) is 80.5 Å². The molecule has 0 unspecified atom stereocenters. The van der Waals surface area contributed by atoms with Crippen LogP contribution in [0.15, 0.2) is 54.2 Å². The topological polar surface area (TPSA) is 125 Å². The molecule has 0 bridgehead atoms. The molecule has 29 heavy (non-hydrogen) atoms. The number of rotatable bonds is 7. The number of carbonyl (C=O) groups excluding carboxylic acids is 3. The van der Waals surface area contributed by atoms with Crippen LogP contribution in [0, 0.1) is 10.1 Å². The Morgan fingerprint density at radius 3 is 2.34 bits per heavy atom. The first-order valence-electron chi connectivity index (χ1n) is 8.01. The summed E-state index contributed by atoms with van der Waals surface area (Å²) >= 11 is 6.07. The van der Waals surface area contributed by atoms with Gasteiger partial charge in [0.2, 0.25) is 0 Å². The maximum Gasteiger partial charge on any atom is 0.354 e. The highest BCUT2D eigenvalue weighted by molar-refractivity contribution is 6.35. The lowest BCUT2D eigenvalue weighted by atomic mass is 10.0. The fourth-order valence-electron chi connectivity index (χ4n) is 2.31. The standard InChI is InChI=1S/C19H15ClN2O7/c1-28-17(23)10-16(19(25)29-2)21-15-8-7-11(22(26)27)9-13(15)18(24)12-5-3-4-6-14(12)20/h3-10,21H,1-2H3/b16-10+. The van der Waals surface area contributed by atoms with Crippen LogP contribution in [-0.2, 0) is 19.1 Å². The van der Waals surface area contributed by atoms with Crippen molar-refractivity contribution in [2.24, 2.45) is 0 Å². The van der Waals surface area contributed by atoms with Crippen LogP contribution in [-0.4, -0.2) is 36.9 Å². The van der Waals surface area contributed by atoms with E-state index in [1.807, 2.05) is 0 Å². The normalized spacial score (nSPS) is 10.8. The van der Waals surface area contributed by atoms with Crippen LogP contribution in [0.4, 0.5) is 11.4 Å². The number of non-ortho nitro benzene ring substituents is 1. The maximum absolute atomic E-state index is 13.0. The number of hydrogen-bond donors (Lipinski definition) is 1. The highest BCUT2D eigenvalue weighted by Crippen LogP contribution is 2.28. The molecular formula is C19H15ClN2O7. The number of esters is 2. The molecule has 0 aliphatic heterocycles. The Hall–Kier alpha value is -3.72. The second-order valence-electron chi connectivity index (χ2n) is 5.49. The summed E-state index contributed by atoms with van der Waals surface area (Å²) in [6.07, 6.45) is 0.830. The maximum atomic E-state index is 13.0. The third kappa shape index (κ3) is 5.17. The van der Waals surface area contributed by atoms with E-state index in [-0.39, 0.29) is 33.2 Å². The smallest absolute Gasteiger partial charge is 0.354 e. The molecule has 10 heteroatoms. The largest absolute Gasteiger partial charge is 0.466 e. The van der Waals surface area contributed by atoms with Crippen molar-refractivity contribution in [3.63, 3.8) is 0 Å². The van der Waals surface area contributed by atoms with Gasteiger partial charge in [0, 0.05) is 17.7 Å². The van der Waals surface area contributed by atoms with Crippen LogP contribution in [0.25, 0.3) is 0 Å². The lowest BCUT2D eigenvalue weighted by molar-refractivity contribution is -0.384. The lowest BCUT2D eigenvalue weighted by Crippen LogP contribution is -2.17. The molecule has 2 aromatic carbocycles. The van der Waals surface area contributed by atoms with E-state index < -0.39 is 22.6 Å². The number of ether oxygens (including phenoxy) is 2. The minimum absolute atomic E-state index is 0.0288. The van der Waals surface area contributed by atoms with Crippen molar-refractivity contribution in [1.29, 1.82) is 0 Å². The van der Waals surface area contributed by atoms with E-state index in [1.54, 1.807) is 12.1 Å². The molecule has 0 fully saturated rings. The van der Waals surface area contributed by atoms with Gasteiger partial charge in [-0.25, -0.2) is 9.59 Å². The number of nitro groups is 1. The minimum atomic E-state index is -0.912. The number of nitro benzene ring substituents is 1. The molecule has 0 saturated carbocycles. The molecule has 0 spiro atoms. The van der Waals surface area contributed by atoms with Crippen molar-refractivity contribution in [2.75, 3.05) is 19.5 Å². The Morgan fingerprint density at radius 2 is 1.76 bits per heavy atom. The number of hydrogen-bond acceptors (Lipinski definition) is 8. The highest BCUT2D eigenvalue weighted by Gasteiger charge is 2.22. The molecule has 0 radical (unpaired) electrons. The van der Waals surface area contributed by atoms with Gasteiger partial charge in [-0.15, -0.1) is 0 Å². The van der Waals surface area contributed by atoms with Gasteiger partial charge in [0.25, 0.3) is 5.69 Å². The fraction of sp³-hybridized carbons (Fsp3) is 0.105. The fourth-order valence-corrected chi connectivity index (χ4v) is 2.53. The number of methoxy groups -OCH3 is 2.